The van der Waals surface area contributed by atoms with Gasteiger partial charge in [0, 0.05) is 25.2 Å². The Morgan fingerprint density at radius 3 is 2.71 bits per heavy atom. The Labute approximate surface area is 123 Å². The normalized spacial score (nSPS) is 18.0. The van der Waals surface area contributed by atoms with Crippen LogP contribution in [0.3, 0.4) is 0 Å². The first-order chi connectivity index (χ1) is 10.1. The summed E-state index contributed by atoms with van der Waals surface area (Å²) in [4.78, 5) is 22.3. The number of hydrogen-bond acceptors (Lipinski definition) is 5. The zero-order chi connectivity index (χ0) is 14.8. The topological polar surface area (TPSA) is 84.1 Å². The highest BCUT2D eigenvalue weighted by Crippen LogP contribution is 2.20. The monoisotopic (exact) mass is 283 g/mol. The van der Waals surface area contributed by atoms with Crippen molar-refractivity contribution in [3.8, 4) is 11.4 Å². The van der Waals surface area contributed by atoms with Gasteiger partial charge in [-0.2, -0.15) is 0 Å². The lowest BCUT2D eigenvalue weighted by atomic mass is 10.2. The Bertz CT molecular complexity index is 658. The molecule has 1 saturated heterocycles. The number of rotatable bonds is 3. The number of carbonyl (C=O) groups is 1. The first-order valence-corrected chi connectivity index (χ1v) is 6.85. The van der Waals surface area contributed by atoms with Crippen LogP contribution in [0.5, 0.6) is 0 Å². The molecule has 0 aliphatic carbocycles. The van der Waals surface area contributed by atoms with Gasteiger partial charge >= 0.3 is 0 Å². The number of likely N-dealkylation sites (tertiary alicyclic amines) is 1. The molecule has 0 spiro atoms. The van der Waals surface area contributed by atoms with E-state index in [0.29, 0.717) is 17.5 Å². The van der Waals surface area contributed by atoms with Gasteiger partial charge in [0.15, 0.2) is 5.82 Å². The van der Waals surface area contributed by atoms with E-state index in [9.17, 15) is 4.79 Å². The highest BCUT2D eigenvalue weighted by atomic mass is 16.2. The first kappa shape index (κ1) is 13.4. The van der Waals surface area contributed by atoms with Crippen LogP contribution in [0, 0.1) is 0 Å². The van der Waals surface area contributed by atoms with Crippen molar-refractivity contribution in [1.29, 1.82) is 0 Å². The summed E-state index contributed by atoms with van der Waals surface area (Å²) in [6.07, 6.45) is 0.764. The lowest BCUT2D eigenvalue weighted by Crippen LogP contribution is -2.31. The molecule has 2 aromatic rings. The molecular weight excluding hydrogens is 266 g/mol. The largest absolute Gasteiger partial charge is 0.384 e. The molecule has 0 radical (unpaired) electrons. The number of nitrogens with one attached hydrogen (secondary N) is 1. The number of likely N-dealkylation sites (N-methyl/N-ethyl adjacent to an activating group) is 1. The lowest BCUT2D eigenvalue weighted by molar-refractivity contribution is -0.127. The Morgan fingerprint density at radius 1 is 1.29 bits per heavy atom. The van der Waals surface area contributed by atoms with Gasteiger partial charge in [0.2, 0.25) is 5.91 Å². The Hall–Kier alpha value is -2.63. The maximum Gasteiger partial charge on any atom is 0.244 e. The minimum absolute atomic E-state index is 0.0773. The predicted molar refractivity (Wildman–Crippen MR) is 81.5 cm³/mol. The second-order valence-corrected chi connectivity index (χ2v) is 5.11. The van der Waals surface area contributed by atoms with E-state index >= 15 is 0 Å². The van der Waals surface area contributed by atoms with Gasteiger partial charge in [-0.15, -0.1) is 0 Å². The van der Waals surface area contributed by atoms with Gasteiger partial charge in [0.1, 0.15) is 17.7 Å². The molecule has 0 bridgehead atoms. The summed E-state index contributed by atoms with van der Waals surface area (Å²) in [6.45, 7) is 0.753. The van der Waals surface area contributed by atoms with E-state index in [1.807, 2.05) is 30.3 Å². The van der Waals surface area contributed by atoms with Gasteiger partial charge < -0.3 is 16.0 Å². The van der Waals surface area contributed by atoms with Crippen molar-refractivity contribution in [3.63, 3.8) is 0 Å². The lowest BCUT2D eigenvalue weighted by Gasteiger charge is -2.13. The van der Waals surface area contributed by atoms with Gasteiger partial charge in [-0.1, -0.05) is 30.3 Å². The smallest absolute Gasteiger partial charge is 0.244 e. The van der Waals surface area contributed by atoms with E-state index in [-0.39, 0.29) is 11.9 Å². The SMILES string of the molecule is CN1CCC(Nc2cc(N)nc(-c3ccccc3)n2)C1=O. The van der Waals surface area contributed by atoms with Gasteiger partial charge in [0.05, 0.1) is 0 Å². The molecule has 1 aromatic carbocycles. The molecule has 0 saturated carbocycles. The first-order valence-electron chi connectivity index (χ1n) is 6.85. The van der Waals surface area contributed by atoms with E-state index in [2.05, 4.69) is 15.3 Å². The molecule has 1 aliphatic rings. The quantitative estimate of drug-likeness (QED) is 0.888. The molecule has 2 heterocycles. The second kappa shape index (κ2) is 5.40. The Morgan fingerprint density at radius 2 is 2.05 bits per heavy atom. The van der Waals surface area contributed by atoms with E-state index in [4.69, 9.17) is 5.73 Å². The number of nitrogens with zero attached hydrogens (tertiary/aromatic N) is 3. The van der Waals surface area contributed by atoms with E-state index in [1.54, 1.807) is 18.0 Å². The molecule has 1 aliphatic heterocycles. The molecule has 1 atom stereocenters. The number of anilines is 2. The van der Waals surface area contributed by atoms with E-state index < -0.39 is 0 Å². The summed E-state index contributed by atoms with van der Waals surface area (Å²) in [5.41, 5.74) is 6.74. The molecule has 6 heteroatoms. The Balaban J connectivity index is 1.87. The van der Waals surface area contributed by atoms with Crippen LogP contribution in [0.4, 0.5) is 11.6 Å². The van der Waals surface area contributed by atoms with Crippen molar-refractivity contribution in [1.82, 2.24) is 14.9 Å². The number of nitrogens with two attached hydrogens (primary N) is 1. The fraction of sp³-hybridized carbons (Fsp3) is 0.267. The standard InChI is InChI=1S/C15H17N5O/c1-20-8-7-11(15(20)21)17-13-9-12(16)18-14(19-13)10-5-3-2-4-6-10/h2-6,9,11H,7-8H2,1H3,(H3,16,17,18,19). The van der Waals surface area contributed by atoms with Crippen molar-refractivity contribution in [2.24, 2.45) is 0 Å². The number of benzene rings is 1. The summed E-state index contributed by atoms with van der Waals surface area (Å²) in [6, 6.07) is 11.0. The third-order valence-corrected chi connectivity index (χ3v) is 3.53. The minimum atomic E-state index is -0.243. The van der Waals surface area contributed by atoms with Crippen LogP contribution in [0.25, 0.3) is 11.4 Å². The highest BCUT2D eigenvalue weighted by molar-refractivity contribution is 5.86. The van der Waals surface area contributed by atoms with Crippen molar-refractivity contribution >= 4 is 17.5 Å². The molecule has 1 unspecified atom stereocenters. The zero-order valence-electron chi connectivity index (χ0n) is 11.8. The summed E-state index contributed by atoms with van der Waals surface area (Å²) >= 11 is 0. The minimum Gasteiger partial charge on any atom is -0.384 e. The maximum atomic E-state index is 11.9. The van der Waals surface area contributed by atoms with E-state index in [1.165, 1.54) is 0 Å². The summed E-state index contributed by atoms with van der Waals surface area (Å²) < 4.78 is 0. The average Bonchev–Trinajstić information content (AvgIpc) is 2.80. The summed E-state index contributed by atoms with van der Waals surface area (Å²) in [5.74, 6) is 1.59. The van der Waals surface area contributed by atoms with Gasteiger partial charge in [0.25, 0.3) is 0 Å². The van der Waals surface area contributed by atoms with Crippen molar-refractivity contribution in [3.05, 3.63) is 36.4 Å². The maximum absolute atomic E-state index is 11.9. The number of carbonyl (C=O) groups excluding carboxylic acids is 1. The summed E-state index contributed by atoms with van der Waals surface area (Å²) in [5, 5.41) is 3.15. The molecule has 1 amide bonds. The summed E-state index contributed by atoms with van der Waals surface area (Å²) in [7, 11) is 1.80. The fourth-order valence-electron chi connectivity index (χ4n) is 2.39. The Kier molecular flexibility index (Phi) is 3.43. The molecule has 3 rings (SSSR count). The fourth-order valence-corrected chi connectivity index (χ4v) is 2.39. The van der Waals surface area contributed by atoms with Crippen LogP contribution in [0.15, 0.2) is 36.4 Å². The number of amides is 1. The van der Waals surface area contributed by atoms with Crippen molar-refractivity contribution < 1.29 is 4.79 Å². The van der Waals surface area contributed by atoms with Crippen LogP contribution in [0.2, 0.25) is 0 Å². The molecular formula is C15H17N5O. The molecule has 1 aromatic heterocycles. The third kappa shape index (κ3) is 2.79. The molecule has 21 heavy (non-hydrogen) atoms. The number of nitrogen functional groups attached to an aromatic ring is 1. The zero-order valence-corrected chi connectivity index (χ0v) is 11.8. The molecule has 108 valence electrons. The highest BCUT2D eigenvalue weighted by Gasteiger charge is 2.29. The van der Waals surface area contributed by atoms with Crippen molar-refractivity contribution in [2.75, 3.05) is 24.6 Å². The van der Waals surface area contributed by atoms with Crippen LogP contribution in [-0.4, -0.2) is 40.4 Å². The van der Waals surface area contributed by atoms with Crippen LogP contribution < -0.4 is 11.1 Å². The van der Waals surface area contributed by atoms with Crippen LogP contribution in [0.1, 0.15) is 6.42 Å². The molecule has 6 nitrogen and oxygen atoms in total. The molecule has 3 N–H and O–H groups in total. The number of hydrogen-bond donors (Lipinski definition) is 2. The van der Waals surface area contributed by atoms with Crippen molar-refractivity contribution in [2.45, 2.75) is 12.5 Å². The third-order valence-electron chi connectivity index (χ3n) is 3.53. The second-order valence-electron chi connectivity index (χ2n) is 5.11. The molecule has 1 fully saturated rings. The van der Waals surface area contributed by atoms with Gasteiger partial charge in [-0.05, 0) is 6.42 Å². The average molecular weight is 283 g/mol. The van der Waals surface area contributed by atoms with Crippen LogP contribution in [-0.2, 0) is 4.79 Å². The number of aromatic nitrogens is 2. The van der Waals surface area contributed by atoms with E-state index in [0.717, 1.165) is 18.5 Å². The van der Waals surface area contributed by atoms with Gasteiger partial charge in [-0.25, -0.2) is 9.97 Å². The van der Waals surface area contributed by atoms with Gasteiger partial charge in [-0.3, -0.25) is 4.79 Å². The van der Waals surface area contributed by atoms with Crippen LogP contribution >= 0.6 is 0 Å². The predicted octanol–water partition coefficient (Wildman–Crippen LogP) is 1.37.